The van der Waals surface area contributed by atoms with E-state index in [2.05, 4.69) is 0 Å². The van der Waals surface area contributed by atoms with Gasteiger partial charge in [0, 0.05) is 19.1 Å². The minimum Gasteiger partial charge on any atom is -0.493 e. The van der Waals surface area contributed by atoms with Crippen molar-refractivity contribution < 1.29 is 9.84 Å². The lowest BCUT2D eigenvalue weighted by Gasteiger charge is -2.09. The van der Waals surface area contributed by atoms with Crippen LogP contribution in [-0.2, 0) is 0 Å². The minimum absolute atomic E-state index is 0.0244. The van der Waals surface area contributed by atoms with Crippen LogP contribution in [0, 0.1) is 0 Å². The van der Waals surface area contributed by atoms with Crippen LogP contribution in [-0.4, -0.2) is 18.3 Å². The van der Waals surface area contributed by atoms with Crippen molar-refractivity contribution >= 4 is 0 Å². The third-order valence-corrected chi connectivity index (χ3v) is 1.96. The Morgan fingerprint density at radius 2 is 2.29 bits per heavy atom. The average Bonchev–Trinajstić information content (AvgIpc) is 2.19. The largest absolute Gasteiger partial charge is 0.493 e. The third-order valence-electron chi connectivity index (χ3n) is 1.96. The lowest BCUT2D eigenvalue weighted by Crippen LogP contribution is -2.05. The van der Waals surface area contributed by atoms with Crippen LogP contribution in [0.15, 0.2) is 24.3 Å². The van der Waals surface area contributed by atoms with Gasteiger partial charge in [0.1, 0.15) is 5.75 Å². The van der Waals surface area contributed by atoms with E-state index in [0.717, 1.165) is 11.3 Å². The summed E-state index contributed by atoms with van der Waals surface area (Å²) in [5.41, 5.74) is 6.80. The highest BCUT2D eigenvalue weighted by Crippen LogP contribution is 2.17. The molecule has 1 aromatic carbocycles. The van der Waals surface area contributed by atoms with E-state index in [1.807, 2.05) is 31.2 Å². The van der Waals surface area contributed by atoms with Crippen molar-refractivity contribution in [1.82, 2.24) is 0 Å². The highest BCUT2D eigenvalue weighted by atomic mass is 16.5. The summed E-state index contributed by atoms with van der Waals surface area (Å²) in [5, 5.41) is 8.59. The first-order valence-electron chi connectivity index (χ1n) is 4.83. The fourth-order valence-electron chi connectivity index (χ4n) is 1.14. The summed E-state index contributed by atoms with van der Waals surface area (Å²) >= 11 is 0. The molecule has 0 radical (unpaired) electrons. The zero-order valence-corrected chi connectivity index (χ0v) is 8.44. The number of nitrogens with two attached hydrogens (primary N) is 1. The molecule has 0 saturated heterocycles. The van der Waals surface area contributed by atoms with Crippen molar-refractivity contribution in [3.05, 3.63) is 29.8 Å². The van der Waals surface area contributed by atoms with Gasteiger partial charge in [-0.3, -0.25) is 0 Å². The molecule has 14 heavy (non-hydrogen) atoms. The summed E-state index contributed by atoms with van der Waals surface area (Å²) in [6, 6.07) is 7.75. The van der Waals surface area contributed by atoms with E-state index in [4.69, 9.17) is 15.6 Å². The molecule has 0 fully saturated rings. The Bertz CT molecular complexity index is 274. The normalized spacial score (nSPS) is 12.5. The molecule has 78 valence electrons. The Balaban J connectivity index is 2.55. The topological polar surface area (TPSA) is 55.5 Å². The standard InChI is InChI=1S/C11H17NO2/c1-9(12)10-4-2-5-11(8-10)14-7-3-6-13/h2,4-5,8-9,13H,3,6-7,12H2,1H3. The van der Waals surface area contributed by atoms with E-state index in [0.29, 0.717) is 13.0 Å². The second kappa shape index (κ2) is 5.62. The zero-order valence-electron chi connectivity index (χ0n) is 8.44. The van der Waals surface area contributed by atoms with Crippen LogP contribution in [0.5, 0.6) is 5.75 Å². The molecule has 0 bridgehead atoms. The smallest absolute Gasteiger partial charge is 0.119 e. The molecule has 0 aliphatic carbocycles. The van der Waals surface area contributed by atoms with Gasteiger partial charge in [0.05, 0.1) is 6.61 Å². The predicted octanol–water partition coefficient (Wildman–Crippen LogP) is 1.47. The van der Waals surface area contributed by atoms with Crippen LogP contribution in [0.1, 0.15) is 24.9 Å². The number of hydrogen-bond acceptors (Lipinski definition) is 3. The molecule has 0 spiro atoms. The van der Waals surface area contributed by atoms with Crippen molar-refractivity contribution in [2.24, 2.45) is 5.73 Å². The number of rotatable bonds is 5. The molecule has 0 aromatic heterocycles. The molecule has 1 aromatic rings. The fourth-order valence-corrected chi connectivity index (χ4v) is 1.14. The van der Waals surface area contributed by atoms with E-state index in [1.165, 1.54) is 0 Å². The molecule has 0 aliphatic rings. The average molecular weight is 195 g/mol. The van der Waals surface area contributed by atoms with Gasteiger partial charge in [0.2, 0.25) is 0 Å². The van der Waals surface area contributed by atoms with E-state index in [-0.39, 0.29) is 12.6 Å². The second-order valence-corrected chi connectivity index (χ2v) is 3.29. The number of aliphatic hydroxyl groups excluding tert-OH is 1. The molecule has 0 aliphatic heterocycles. The van der Waals surface area contributed by atoms with Crippen LogP contribution >= 0.6 is 0 Å². The van der Waals surface area contributed by atoms with E-state index in [9.17, 15) is 0 Å². The Kier molecular flexibility index (Phi) is 4.43. The molecule has 3 heteroatoms. The van der Waals surface area contributed by atoms with Crippen LogP contribution in [0.3, 0.4) is 0 Å². The molecule has 1 atom stereocenters. The molecular formula is C11H17NO2. The minimum atomic E-state index is 0.0244. The van der Waals surface area contributed by atoms with Gasteiger partial charge < -0.3 is 15.6 Å². The fraction of sp³-hybridized carbons (Fsp3) is 0.455. The van der Waals surface area contributed by atoms with Gasteiger partial charge in [-0.2, -0.15) is 0 Å². The predicted molar refractivity (Wildman–Crippen MR) is 56.2 cm³/mol. The van der Waals surface area contributed by atoms with Crippen molar-refractivity contribution in [3.8, 4) is 5.75 Å². The summed E-state index contributed by atoms with van der Waals surface area (Å²) < 4.78 is 5.42. The van der Waals surface area contributed by atoms with E-state index >= 15 is 0 Å². The highest BCUT2D eigenvalue weighted by Gasteiger charge is 2.00. The van der Waals surface area contributed by atoms with Gasteiger partial charge in [-0.05, 0) is 24.6 Å². The maximum absolute atomic E-state index is 8.59. The number of ether oxygens (including phenoxy) is 1. The first-order valence-corrected chi connectivity index (χ1v) is 4.83. The SMILES string of the molecule is CC(N)c1cccc(OCCCO)c1. The van der Waals surface area contributed by atoms with Crippen LogP contribution in [0.2, 0.25) is 0 Å². The van der Waals surface area contributed by atoms with Crippen molar-refractivity contribution in [2.75, 3.05) is 13.2 Å². The van der Waals surface area contributed by atoms with Gasteiger partial charge in [0.15, 0.2) is 0 Å². The molecule has 0 saturated carbocycles. The van der Waals surface area contributed by atoms with Gasteiger partial charge >= 0.3 is 0 Å². The van der Waals surface area contributed by atoms with E-state index < -0.39 is 0 Å². The van der Waals surface area contributed by atoms with Gasteiger partial charge in [0.25, 0.3) is 0 Å². The lowest BCUT2D eigenvalue weighted by molar-refractivity contribution is 0.233. The maximum atomic E-state index is 8.59. The molecule has 3 nitrogen and oxygen atoms in total. The summed E-state index contributed by atoms with van der Waals surface area (Å²) in [6.45, 7) is 2.64. The Morgan fingerprint density at radius 3 is 2.93 bits per heavy atom. The first-order chi connectivity index (χ1) is 6.74. The quantitative estimate of drug-likeness (QED) is 0.699. The number of aliphatic hydroxyl groups is 1. The molecule has 3 N–H and O–H groups in total. The zero-order chi connectivity index (χ0) is 10.4. The highest BCUT2D eigenvalue weighted by molar-refractivity contribution is 5.30. The molecule has 1 rings (SSSR count). The Morgan fingerprint density at radius 1 is 1.50 bits per heavy atom. The van der Waals surface area contributed by atoms with Crippen molar-refractivity contribution in [2.45, 2.75) is 19.4 Å². The monoisotopic (exact) mass is 195 g/mol. The van der Waals surface area contributed by atoms with Crippen molar-refractivity contribution in [3.63, 3.8) is 0 Å². The molecule has 0 amide bonds. The molecule has 0 heterocycles. The Hall–Kier alpha value is -1.06. The first kappa shape index (κ1) is 11.0. The molecule has 1 unspecified atom stereocenters. The number of benzene rings is 1. The van der Waals surface area contributed by atoms with E-state index in [1.54, 1.807) is 0 Å². The van der Waals surface area contributed by atoms with Gasteiger partial charge in [-0.25, -0.2) is 0 Å². The Labute approximate surface area is 84.5 Å². The third kappa shape index (κ3) is 3.36. The van der Waals surface area contributed by atoms with Gasteiger partial charge in [-0.1, -0.05) is 12.1 Å². The summed E-state index contributed by atoms with van der Waals surface area (Å²) in [6.07, 6.45) is 0.655. The summed E-state index contributed by atoms with van der Waals surface area (Å²) in [4.78, 5) is 0. The van der Waals surface area contributed by atoms with Crippen LogP contribution in [0.25, 0.3) is 0 Å². The number of hydrogen-bond donors (Lipinski definition) is 2. The lowest BCUT2D eigenvalue weighted by atomic mass is 10.1. The van der Waals surface area contributed by atoms with Crippen LogP contribution < -0.4 is 10.5 Å². The maximum Gasteiger partial charge on any atom is 0.119 e. The van der Waals surface area contributed by atoms with Crippen LogP contribution in [0.4, 0.5) is 0 Å². The molecular weight excluding hydrogens is 178 g/mol. The summed E-state index contributed by atoms with van der Waals surface area (Å²) in [5.74, 6) is 0.813. The van der Waals surface area contributed by atoms with Crippen molar-refractivity contribution in [1.29, 1.82) is 0 Å². The second-order valence-electron chi connectivity index (χ2n) is 3.29. The summed E-state index contributed by atoms with van der Waals surface area (Å²) in [7, 11) is 0. The van der Waals surface area contributed by atoms with Gasteiger partial charge in [-0.15, -0.1) is 0 Å².